The lowest BCUT2D eigenvalue weighted by molar-refractivity contribution is -0.136. The third-order valence-corrected chi connectivity index (χ3v) is 5.78. The van der Waals surface area contributed by atoms with E-state index in [1.165, 1.54) is 12.0 Å². The number of fused-ring (bicyclic) bond motifs is 1. The topological polar surface area (TPSA) is 96.1 Å². The summed E-state index contributed by atoms with van der Waals surface area (Å²) in [5.74, 6) is -0.105. The Morgan fingerprint density at radius 1 is 1.26 bits per heavy atom. The minimum absolute atomic E-state index is 0.0756. The molecule has 0 aromatic heterocycles. The Bertz CT molecular complexity index is 960. The fourth-order valence-electron chi connectivity index (χ4n) is 4.30. The van der Waals surface area contributed by atoms with Crippen LogP contribution in [0.5, 0.6) is 11.5 Å². The van der Waals surface area contributed by atoms with Gasteiger partial charge >= 0.3 is 0 Å². The molecular weight excluding hydrogens is 394 g/mol. The SMILES string of the molecule is CCCN(CC(N)=O)C(=O)CN1CCc2cc(O)c(OC)cc2C1c1ccccc1C. The molecule has 1 atom stereocenters. The number of phenolic OH excluding ortho intramolecular Hbond substituents is 1. The molecule has 7 heteroatoms. The van der Waals surface area contributed by atoms with E-state index in [-0.39, 0.29) is 30.8 Å². The van der Waals surface area contributed by atoms with Gasteiger partial charge in [-0.2, -0.15) is 0 Å². The average molecular weight is 426 g/mol. The molecule has 0 saturated heterocycles. The highest BCUT2D eigenvalue weighted by atomic mass is 16.5. The van der Waals surface area contributed by atoms with Crippen molar-refractivity contribution in [2.75, 3.05) is 33.3 Å². The number of nitrogens with zero attached hydrogens (tertiary/aromatic N) is 2. The maximum Gasteiger partial charge on any atom is 0.237 e. The second kappa shape index (κ2) is 9.83. The fourth-order valence-corrected chi connectivity index (χ4v) is 4.30. The van der Waals surface area contributed by atoms with Gasteiger partial charge in [-0.3, -0.25) is 14.5 Å². The average Bonchev–Trinajstić information content (AvgIpc) is 2.73. The fraction of sp³-hybridized carbons (Fsp3) is 0.417. The highest BCUT2D eigenvalue weighted by Gasteiger charge is 2.33. The number of carbonyl (C=O) groups is 2. The summed E-state index contributed by atoms with van der Waals surface area (Å²) in [7, 11) is 1.53. The second-order valence-electron chi connectivity index (χ2n) is 7.98. The van der Waals surface area contributed by atoms with E-state index in [2.05, 4.69) is 24.0 Å². The third kappa shape index (κ3) is 4.99. The van der Waals surface area contributed by atoms with Crippen molar-refractivity contribution < 1.29 is 19.4 Å². The summed E-state index contributed by atoms with van der Waals surface area (Å²) in [4.78, 5) is 28.2. The minimum atomic E-state index is -0.513. The van der Waals surface area contributed by atoms with Gasteiger partial charge in [-0.25, -0.2) is 0 Å². The van der Waals surface area contributed by atoms with Crippen molar-refractivity contribution in [1.82, 2.24) is 9.80 Å². The number of amides is 2. The van der Waals surface area contributed by atoms with Crippen molar-refractivity contribution in [3.63, 3.8) is 0 Å². The van der Waals surface area contributed by atoms with Crippen LogP contribution in [0.3, 0.4) is 0 Å². The van der Waals surface area contributed by atoms with Gasteiger partial charge in [0, 0.05) is 13.1 Å². The molecule has 2 aromatic carbocycles. The first-order chi connectivity index (χ1) is 14.8. The van der Waals surface area contributed by atoms with Gasteiger partial charge in [0.15, 0.2) is 11.5 Å². The third-order valence-electron chi connectivity index (χ3n) is 5.78. The zero-order valence-electron chi connectivity index (χ0n) is 18.4. The number of nitrogens with two attached hydrogens (primary N) is 1. The van der Waals surface area contributed by atoms with Crippen LogP contribution in [0.1, 0.15) is 41.6 Å². The highest BCUT2D eigenvalue weighted by Crippen LogP contribution is 2.41. The predicted octanol–water partition coefficient (Wildman–Crippen LogP) is 2.38. The Morgan fingerprint density at radius 3 is 2.65 bits per heavy atom. The van der Waals surface area contributed by atoms with Crippen molar-refractivity contribution in [2.24, 2.45) is 5.73 Å². The molecule has 0 aliphatic carbocycles. The van der Waals surface area contributed by atoms with Crippen molar-refractivity contribution >= 4 is 11.8 Å². The van der Waals surface area contributed by atoms with Crippen LogP contribution >= 0.6 is 0 Å². The van der Waals surface area contributed by atoms with Crippen molar-refractivity contribution in [1.29, 1.82) is 0 Å². The predicted molar refractivity (Wildman–Crippen MR) is 119 cm³/mol. The van der Waals surface area contributed by atoms with Gasteiger partial charge in [0.25, 0.3) is 0 Å². The molecule has 3 N–H and O–H groups in total. The van der Waals surface area contributed by atoms with Crippen molar-refractivity contribution in [3.8, 4) is 11.5 Å². The van der Waals surface area contributed by atoms with E-state index in [1.807, 2.05) is 25.1 Å². The summed E-state index contributed by atoms with van der Waals surface area (Å²) in [6.07, 6.45) is 1.45. The van der Waals surface area contributed by atoms with E-state index in [4.69, 9.17) is 10.5 Å². The first-order valence-electron chi connectivity index (χ1n) is 10.6. The summed E-state index contributed by atoms with van der Waals surface area (Å²) >= 11 is 0. The summed E-state index contributed by atoms with van der Waals surface area (Å²) in [6.45, 7) is 5.26. The second-order valence-corrected chi connectivity index (χ2v) is 7.98. The van der Waals surface area contributed by atoms with Crippen LogP contribution in [-0.2, 0) is 16.0 Å². The number of aromatic hydroxyl groups is 1. The molecule has 0 saturated carbocycles. The van der Waals surface area contributed by atoms with Gasteiger partial charge < -0.3 is 20.5 Å². The molecule has 3 rings (SSSR count). The molecule has 0 fully saturated rings. The number of primary amides is 1. The standard InChI is InChI=1S/C24H31N3O4/c1-4-10-26(14-22(25)29)23(30)15-27-11-9-17-12-20(28)21(31-3)13-19(17)24(27)18-8-6-5-7-16(18)2/h5-8,12-13,24,28H,4,9-11,14-15H2,1-3H3,(H2,25,29). The van der Waals surface area contributed by atoms with Crippen LogP contribution in [0, 0.1) is 6.92 Å². The number of benzene rings is 2. The molecule has 1 heterocycles. The first kappa shape index (κ1) is 22.6. The minimum Gasteiger partial charge on any atom is -0.504 e. The molecule has 166 valence electrons. The number of carbonyl (C=O) groups excluding carboxylic acids is 2. The molecule has 7 nitrogen and oxygen atoms in total. The molecule has 0 spiro atoms. The number of hydrogen-bond donors (Lipinski definition) is 2. The zero-order valence-corrected chi connectivity index (χ0v) is 18.4. The van der Waals surface area contributed by atoms with Gasteiger partial charge in [0.05, 0.1) is 26.2 Å². The molecular formula is C24H31N3O4. The lowest BCUT2D eigenvalue weighted by Gasteiger charge is -2.39. The summed E-state index contributed by atoms with van der Waals surface area (Å²) < 4.78 is 5.36. The van der Waals surface area contributed by atoms with Gasteiger partial charge in [-0.1, -0.05) is 31.2 Å². The number of hydrogen-bond acceptors (Lipinski definition) is 5. The Kier molecular flexibility index (Phi) is 7.17. The van der Waals surface area contributed by atoms with E-state index < -0.39 is 5.91 Å². The molecule has 1 aliphatic heterocycles. The van der Waals surface area contributed by atoms with Gasteiger partial charge in [-0.05, 0) is 54.2 Å². The summed E-state index contributed by atoms with van der Waals surface area (Å²) in [5, 5.41) is 10.3. The first-order valence-corrected chi connectivity index (χ1v) is 10.6. The molecule has 2 amide bonds. The van der Waals surface area contributed by atoms with Crippen molar-refractivity contribution in [2.45, 2.75) is 32.7 Å². The van der Waals surface area contributed by atoms with E-state index in [1.54, 1.807) is 6.07 Å². The molecule has 1 aliphatic rings. The maximum absolute atomic E-state index is 13.1. The number of aryl methyl sites for hydroxylation is 1. The van der Waals surface area contributed by atoms with Gasteiger partial charge in [0.1, 0.15) is 0 Å². The van der Waals surface area contributed by atoms with Gasteiger partial charge in [0.2, 0.25) is 11.8 Å². The molecule has 2 aromatic rings. The maximum atomic E-state index is 13.1. The lowest BCUT2D eigenvalue weighted by Crippen LogP contribution is -2.47. The normalized spacial score (nSPS) is 15.9. The number of rotatable bonds is 8. The molecule has 0 radical (unpaired) electrons. The van der Waals surface area contributed by atoms with Gasteiger partial charge in [-0.15, -0.1) is 0 Å². The van der Waals surface area contributed by atoms with Crippen LogP contribution in [0.4, 0.5) is 0 Å². The van der Waals surface area contributed by atoms with Crippen LogP contribution in [0.2, 0.25) is 0 Å². The molecule has 0 bridgehead atoms. The van der Waals surface area contributed by atoms with E-state index in [0.717, 1.165) is 28.7 Å². The van der Waals surface area contributed by atoms with Crippen LogP contribution in [0.25, 0.3) is 0 Å². The highest BCUT2D eigenvalue weighted by molar-refractivity contribution is 5.85. The Labute approximate surface area is 183 Å². The zero-order chi connectivity index (χ0) is 22.5. The molecule has 31 heavy (non-hydrogen) atoms. The summed E-state index contributed by atoms with van der Waals surface area (Å²) in [5.41, 5.74) is 9.63. The summed E-state index contributed by atoms with van der Waals surface area (Å²) in [6, 6.07) is 11.6. The Balaban J connectivity index is 2.00. The van der Waals surface area contributed by atoms with E-state index in [9.17, 15) is 14.7 Å². The smallest absolute Gasteiger partial charge is 0.237 e. The largest absolute Gasteiger partial charge is 0.504 e. The number of methoxy groups -OCH3 is 1. The van der Waals surface area contributed by atoms with E-state index in [0.29, 0.717) is 25.3 Å². The van der Waals surface area contributed by atoms with Crippen molar-refractivity contribution in [3.05, 3.63) is 58.7 Å². The Morgan fingerprint density at radius 2 is 2.00 bits per heavy atom. The number of phenols is 1. The van der Waals surface area contributed by atoms with E-state index >= 15 is 0 Å². The molecule has 1 unspecified atom stereocenters. The Hall–Kier alpha value is -3.06. The van der Waals surface area contributed by atoms with Crippen LogP contribution < -0.4 is 10.5 Å². The monoisotopic (exact) mass is 425 g/mol. The quantitative estimate of drug-likeness (QED) is 0.677. The van der Waals surface area contributed by atoms with Crippen LogP contribution in [0.15, 0.2) is 36.4 Å². The lowest BCUT2D eigenvalue weighted by atomic mass is 9.86. The van der Waals surface area contributed by atoms with Crippen LogP contribution in [-0.4, -0.2) is 60.0 Å². The number of ether oxygens (including phenoxy) is 1.